The molecule has 0 saturated heterocycles. The van der Waals surface area contributed by atoms with Gasteiger partial charge >= 0.3 is 0 Å². The van der Waals surface area contributed by atoms with Gasteiger partial charge < -0.3 is 5.73 Å². The summed E-state index contributed by atoms with van der Waals surface area (Å²) >= 11 is 0. The number of rotatable bonds is 0. The van der Waals surface area contributed by atoms with Crippen LogP contribution in [0.3, 0.4) is 0 Å². The van der Waals surface area contributed by atoms with E-state index in [4.69, 9.17) is 5.73 Å². The van der Waals surface area contributed by atoms with Gasteiger partial charge in [0.15, 0.2) is 0 Å². The number of hydrazine groups is 1. The number of nitrogens with zero attached hydrogens (tertiary/aromatic N) is 1. The third kappa shape index (κ3) is 0.970. The Morgan fingerprint density at radius 1 is 1.29 bits per heavy atom. The molecule has 1 aliphatic carbocycles. The highest BCUT2D eigenvalue weighted by molar-refractivity contribution is 5.89. The van der Waals surface area contributed by atoms with Crippen molar-refractivity contribution in [2.75, 3.05) is 5.43 Å². The summed E-state index contributed by atoms with van der Waals surface area (Å²) in [6, 6.07) is 4.16. The van der Waals surface area contributed by atoms with Crippen LogP contribution in [0.2, 0.25) is 0 Å². The Morgan fingerprint density at radius 2 is 2.21 bits per heavy atom. The maximum absolute atomic E-state index is 5.56. The van der Waals surface area contributed by atoms with E-state index in [1.807, 2.05) is 0 Å². The van der Waals surface area contributed by atoms with Gasteiger partial charge in [-0.1, -0.05) is 12.2 Å². The van der Waals surface area contributed by atoms with Gasteiger partial charge in [0.1, 0.15) is 0 Å². The summed E-state index contributed by atoms with van der Waals surface area (Å²) in [5.74, 6) is 0.406. The molecule has 0 fully saturated rings. The molecule has 0 aromatic heterocycles. The number of guanidine groups is 1. The van der Waals surface area contributed by atoms with Crippen LogP contribution in [0.5, 0.6) is 0 Å². The average molecular weight is 186 g/mol. The summed E-state index contributed by atoms with van der Waals surface area (Å²) in [5.41, 5.74) is 15.8. The van der Waals surface area contributed by atoms with Crippen LogP contribution in [-0.4, -0.2) is 5.96 Å². The molecule has 0 unspecified atom stereocenters. The second-order valence-electron chi connectivity index (χ2n) is 3.42. The maximum atomic E-state index is 5.56. The summed E-state index contributed by atoms with van der Waals surface area (Å²) in [5, 5.41) is 0. The normalized spacial score (nSPS) is 16.4. The molecule has 4 nitrogen and oxygen atoms in total. The number of allylic oxidation sites excluding steroid dienone is 1. The van der Waals surface area contributed by atoms with Crippen molar-refractivity contribution in [2.45, 2.75) is 6.42 Å². The molecule has 1 aromatic rings. The molecule has 70 valence electrons. The van der Waals surface area contributed by atoms with Crippen LogP contribution in [0, 0.1) is 0 Å². The van der Waals surface area contributed by atoms with Crippen molar-refractivity contribution in [3.05, 3.63) is 29.3 Å². The number of nitrogens with two attached hydrogens (primary N) is 1. The predicted octanol–water partition coefficient (Wildman–Crippen LogP) is 1.13. The Kier molecular flexibility index (Phi) is 1.33. The Labute approximate surface area is 81.5 Å². The first-order chi connectivity index (χ1) is 6.83. The molecule has 1 aromatic carbocycles. The molecule has 3 rings (SSSR count). The first-order valence-electron chi connectivity index (χ1n) is 4.52. The molecule has 0 amide bonds. The summed E-state index contributed by atoms with van der Waals surface area (Å²) in [4.78, 5) is 4.22. The SMILES string of the molecule is NC1=Nc2cc3c(cc2NN1)C=CC3. The minimum absolute atomic E-state index is 0.406. The average Bonchev–Trinajstić information content (AvgIpc) is 2.61. The molecule has 0 bridgehead atoms. The predicted molar refractivity (Wildman–Crippen MR) is 57.2 cm³/mol. The smallest absolute Gasteiger partial charge is 0.212 e. The van der Waals surface area contributed by atoms with E-state index in [0.29, 0.717) is 5.96 Å². The second-order valence-corrected chi connectivity index (χ2v) is 3.42. The molecular formula is C10H10N4. The first kappa shape index (κ1) is 7.44. The molecule has 0 radical (unpaired) electrons. The van der Waals surface area contributed by atoms with Crippen molar-refractivity contribution in [1.29, 1.82) is 0 Å². The van der Waals surface area contributed by atoms with Crippen molar-refractivity contribution in [1.82, 2.24) is 5.43 Å². The number of anilines is 1. The van der Waals surface area contributed by atoms with Crippen LogP contribution in [0.15, 0.2) is 23.2 Å². The molecule has 0 atom stereocenters. The van der Waals surface area contributed by atoms with Gasteiger partial charge in [-0.15, -0.1) is 0 Å². The van der Waals surface area contributed by atoms with E-state index in [-0.39, 0.29) is 0 Å². The highest BCUT2D eigenvalue weighted by Crippen LogP contribution is 2.33. The minimum atomic E-state index is 0.406. The first-order valence-corrected chi connectivity index (χ1v) is 4.52. The summed E-state index contributed by atoms with van der Waals surface area (Å²) in [7, 11) is 0. The molecule has 1 aliphatic heterocycles. The zero-order valence-corrected chi connectivity index (χ0v) is 7.54. The van der Waals surface area contributed by atoms with Gasteiger partial charge in [0.25, 0.3) is 0 Å². The third-order valence-corrected chi connectivity index (χ3v) is 2.46. The number of fused-ring (bicyclic) bond motifs is 2. The molecule has 4 heteroatoms. The Balaban J connectivity index is 2.18. The molecule has 4 N–H and O–H groups in total. The van der Waals surface area contributed by atoms with E-state index >= 15 is 0 Å². The number of hydrogen-bond donors (Lipinski definition) is 3. The fraction of sp³-hybridized carbons (Fsp3) is 0.100. The van der Waals surface area contributed by atoms with Crippen molar-refractivity contribution < 1.29 is 0 Å². The Hall–Kier alpha value is -1.97. The second kappa shape index (κ2) is 2.51. The number of aliphatic imine (C=N–C) groups is 1. The van der Waals surface area contributed by atoms with Crippen LogP contribution in [0.4, 0.5) is 11.4 Å². The van der Waals surface area contributed by atoms with Gasteiger partial charge in [0.2, 0.25) is 5.96 Å². The molecule has 1 heterocycles. The van der Waals surface area contributed by atoms with Gasteiger partial charge in [-0.25, -0.2) is 4.99 Å². The lowest BCUT2D eigenvalue weighted by atomic mass is 10.1. The summed E-state index contributed by atoms with van der Waals surface area (Å²) in [6.45, 7) is 0. The van der Waals surface area contributed by atoms with Gasteiger partial charge in [-0.05, 0) is 29.7 Å². The van der Waals surface area contributed by atoms with E-state index in [2.05, 4.69) is 40.1 Å². The largest absolute Gasteiger partial charge is 0.368 e. The van der Waals surface area contributed by atoms with E-state index in [9.17, 15) is 0 Å². The Morgan fingerprint density at radius 3 is 3.14 bits per heavy atom. The van der Waals surface area contributed by atoms with E-state index in [0.717, 1.165) is 17.8 Å². The summed E-state index contributed by atoms with van der Waals surface area (Å²) in [6.07, 6.45) is 5.26. The maximum Gasteiger partial charge on any atom is 0.212 e. The van der Waals surface area contributed by atoms with Gasteiger partial charge in [-0.2, -0.15) is 0 Å². The monoisotopic (exact) mass is 186 g/mol. The fourth-order valence-electron chi connectivity index (χ4n) is 1.77. The zero-order chi connectivity index (χ0) is 9.54. The topological polar surface area (TPSA) is 62.4 Å². The third-order valence-electron chi connectivity index (χ3n) is 2.46. The molecular weight excluding hydrogens is 176 g/mol. The van der Waals surface area contributed by atoms with Crippen molar-refractivity contribution in [3.8, 4) is 0 Å². The Bertz CT molecular complexity index is 459. The van der Waals surface area contributed by atoms with Gasteiger partial charge in [-0.3, -0.25) is 10.9 Å². The quantitative estimate of drug-likeness (QED) is 0.569. The van der Waals surface area contributed by atoms with Crippen LogP contribution in [0.1, 0.15) is 11.1 Å². The minimum Gasteiger partial charge on any atom is -0.368 e. The van der Waals surface area contributed by atoms with Gasteiger partial charge in [0.05, 0.1) is 11.4 Å². The van der Waals surface area contributed by atoms with Crippen LogP contribution >= 0.6 is 0 Å². The summed E-state index contributed by atoms with van der Waals surface area (Å²) < 4.78 is 0. The number of nitrogens with one attached hydrogen (secondary N) is 2. The molecule has 14 heavy (non-hydrogen) atoms. The molecule has 2 aliphatic rings. The number of benzene rings is 1. The van der Waals surface area contributed by atoms with Crippen molar-refractivity contribution in [2.24, 2.45) is 10.7 Å². The molecule has 0 saturated carbocycles. The van der Waals surface area contributed by atoms with E-state index in [1.54, 1.807) is 0 Å². The van der Waals surface area contributed by atoms with E-state index in [1.165, 1.54) is 11.1 Å². The van der Waals surface area contributed by atoms with Crippen molar-refractivity contribution in [3.63, 3.8) is 0 Å². The zero-order valence-electron chi connectivity index (χ0n) is 7.54. The lowest BCUT2D eigenvalue weighted by molar-refractivity contribution is 1.06. The van der Waals surface area contributed by atoms with Crippen LogP contribution in [0.25, 0.3) is 6.08 Å². The fourth-order valence-corrected chi connectivity index (χ4v) is 1.77. The van der Waals surface area contributed by atoms with Gasteiger partial charge in [0, 0.05) is 0 Å². The molecule has 0 spiro atoms. The lowest BCUT2D eigenvalue weighted by Gasteiger charge is -2.17. The highest BCUT2D eigenvalue weighted by atomic mass is 15.4. The van der Waals surface area contributed by atoms with Crippen LogP contribution < -0.4 is 16.6 Å². The van der Waals surface area contributed by atoms with Crippen molar-refractivity contribution >= 4 is 23.4 Å². The van der Waals surface area contributed by atoms with Crippen LogP contribution in [-0.2, 0) is 6.42 Å². The standard InChI is InChI=1S/C10H10N4/c11-10-12-8-4-6-2-1-3-7(6)5-9(8)13-14-10/h1,3-5,13H,2H2,(H3,11,12,14). The van der Waals surface area contributed by atoms with E-state index < -0.39 is 0 Å². The highest BCUT2D eigenvalue weighted by Gasteiger charge is 2.13. The number of hydrogen-bond acceptors (Lipinski definition) is 4. The lowest BCUT2D eigenvalue weighted by Crippen LogP contribution is -2.38.